The zero-order chi connectivity index (χ0) is 14.4. The molecule has 0 unspecified atom stereocenters. The maximum atomic E-state index is 5.75. The number of rotatable bonds is 7. The summed E-state index contributed by atoms with van der Waals surface area (Å²) < 4.78 is 9.05. The maximum Gasteiger partial charge on any atom is 0.119 e. The van der Waals surface area contributed by atoms with Gasteiger partial charge in [0.25, 0.3) is 0 Å². The van der Waals surface area contributed by atoms with Crippen molar-refractivity contribution < 1.29 is 4.74 Å². The molecule has 20 heavy (non-hydrogen) atoms. The van der Waals surface area contributed by atoms with Crippen molar-refractivity contribution in [2.75, 3.05) is 6.61 Å². The first kappa shape index (κ1) is 15.1. The predicted molar refractivity (Wildman–Crippen MR) is 86.0 cm³/mol. The summed E-state index contributed by atoms with van der Waals surface area (Å²) in [7, 11) is 0. The molecule has 0 radical (unpaired) electrons. The zero-order valence-corrected chi connectivity index (χ0v) is 13.6. The molecule has 1 heterocycles. The lowest BCUT2D eigenvalue weighted by atomic mass is 10.3. The largest absolute Gasteiger partial charge is 0.492 e. The van der Waals surface area contributed by atoms with Crippen LogP contribution in [-0.4, -0.2) is 17.2 Å². The number of benzene rings is 1. The topological polar surface area (TPSA) is 26.2 Å². The summed E-state index contributed by atoms with van der Waals surface area (Å²) in [5.74, 6) is 0.905. The Morgan fingerprint density at radius 2 is 1.95 bits per heavy atom. The number of aromatic nitrogens is 1. The number of nitrogens with zero attached hydrogens (tertiary/aromatic N) is 1. The predicted octanol–water partition coefficient (Wildman–Crippen LogP) is 3.83. The van der Waals surface area contributed by atoms with Crippen molar-refractivity contribution in [3.63, 3.8) is 0 Å². The molecule has 0 saturated carbocycles. The molecular formula is C16H21BrN2O. The third-order valence-electron chi connectivity index (χ3n) is 3.03. The average molecular weight is 337 g/mol. The van der Waals surface area contributed by atoms with Crippen molar-refractivity contribution in [1.82, 2.24) is 9.88 Å². The first-order valence-electron chi connectivity index (χ1n) is 6.91. The number of hydrogen-bond acceptors (Lipinski definition) is 2. The minimum atomic E-state index is 0.498. The average Bonchev–Trinajstić information content (AvgIpc) is 2.86. The fourth-order valence-electron chi connectivity index (χ4n) is 1.93. The van der Waals surface area contributed by atoms with E-state index in [0.29, 0.717) is 12.6 Å². The summed E-state index contributed by atoms with van der Waals surface area (Å²) in [4.78, 5) is 0. The van der Waals surface area contributed by atoms with Crippen molar-refractivity contribution in [3.05, 3.63) is 52.8 Å². The Hall–Kier alpha value is -1.26. The van der Waals surface area contributed by atoms with E-state index in [9.17, 15) is 0 Å². The fraction of sp³-hybridized carbons (Fsp3) is 0.375. The highest BCUT2D eigenvalue weighted by Gasteiger charge is 2.02. The van der Waals surface area contributed by atoms with Crippen molar-refractivity contribution in [1.29, 1.82) is 0 Å². The molecule has 0 spiro atoms. The fourth-order valence-corrected chi connectivity index (χ4v) is 2.19. The summed E-state index contributed by atoms with van der Waals surface area (Å²) in [6.45, 7) is 6.74. The molecule has 4 heteroatoms. The molecule has 0 amide bonds. The third-order valence-corrected chi connectivity index (χ3v) is 3.56. The van der Waals surface area contributed by atoms with Crippen LogP contribution < -0.4 is 10.1 Å². The molecule has 0 atom stereocenters. The van der Waals surface area contributed by atoms with Crippen LogP contribution in [0.2, 0.25) is 0 Å². The summed E-state index contributed by atoms with van der Waals surface area (Å²) in [5.41, 5.74) is 1.29. The van der Waals surface area contributed by atoms with Crippen LogP contribution in [0.4, 0.5) is 0 Å². The van der Waals surface area contributed by atoms with Gasteiger partial charge in [-0.1, -0.05) is 29.8 Å². The lowest BCUT2D eigenvalue weighted by Gasteiger charge is -2.13. The van der Waals surface area contributed by atoms with Gasteiger partial charge in [-0.25, -0.2) is 0 Å². The van der Waals surface area contributed by atoms with Crippen LogP contribution in [0.25, 0.3) is 0 Å². The highest BCUT2D eigenvalue weighted by Crippen LogP contribution is 2.16. The Morgan fingerprint density at radius 1 is 1.20 bits per heavy atom. The van der Waals surface area contributed by atoms with Crippen molar-refractivity contribution in [2.45, 2.75) is 33.0 Å². The van der Waals surface area contributed by atoms with Crippen LogP contribution in [0.15, 0.2) is 47.1 Å². The lowest BCUT2D eigenvalue weighted by Crippen LogP contribution is -2.24. The Balaban J connectivity index is 1.82. The Kier molecular flexibility index (Phi) is 5.68. The van der Waals surface area contributed by atoms with Gasteiger partial charge in [0, 0.05) is 29.0 Å². The Morgan fingerprint density at radius 3 is 2.65 bits per heavy atom. The van der Waals surface area contributed by atoms with Crippen LogP contribution in [-0.2, 0) is 13.1 Å². The Labute approximate surface area is 129 Å². The molecule has 0 bridgehead atoms. The molecule has 0 aliphatic heterocycles. The smallest absolute Gasteiger partial charge is 0.119 e. The van der Waals surface area contributed by atoms with Gasteiger partial charge in [0.15, 0.2) is 0 Å². The van der Waals surface area contributed by atoms with E-state index in [2.05, 4.69) is 58.0 Å². The van der Waals surface area contributed by atoms with Crippen LogP contribution in [0.5, 0.6) is 5.75 Å². The number of ether oxygens (including phenoxy) is 1. The summed E-state index contributed by atoms with van der Waals surface area (Å²) >= 11 is 3.42. The molecular weight excluding hydrogens is 316 g/mol. The van der Waals surface area contributed by atoms with Gasteiger partial charge >= 0.3 is 0 Å². The van der Waals surface area contributed by atoms with E-state index in [1.165, 1.54) is 5.69 Å². The van der Waals surface area contributed by atoms with Crippen molar-refractivity contribution in [3.8, 4) is 5.75 Å². The van der Waals surface area contributed by atoms with E-state index in [-0.39, 0.29) is 0 Å². The van der Waals surface area contributed by atoms with Crippen LogP contribution >= 0.6 is 15.9 Å². The van der Waals surface area contributed by atoms with Gasteiger partial charge in [-0.05, 0) is 36.4 Å². The van der Waals surface area contributed by atoms with Gasteiger partial charge in [0.1, 0.15) is 12.4 Å². The van der Waals surface area contributed by atoms with E-state index >= 15 is 0 Å². The minimum Gasteiger partial charge on any atom is -0.492 e. The molecule has 1 aromatic carbocycles. The molecule has 0 aliphatic carbocycles. The first-order chi connectivity index (χ1) is 9.65. The van der Waals surface area contributed by atoms with E-state index in [1.807, 2.05) is 24.3 Å². The molecule has 1 N–H and O–H groups in total. The molecule has 0 fully saturated rings. The molecule has 2 rings (SSSR count). The maximum absolute atomic E-state index is 5.75. The quantitative estimate of drug-likeness (QED) is 0.831. The zero-order valence-electron chi connectivity index (χ0n) is 12.0. The second kappa shape index (κ2) is 7.50. The number of nitrogens with one attached hydrogen (secondary N) is 1. The van der Waals surface area contributed by atoms with E-state index < -0.39 is 0 Å². The SMILES string of the molecule is CC(C)NCc1cccn1CCOc1ccc(Br)cc1. The molecule has 0 aliphatic rings. The van der Waals surface area contributed by atoms with E-state index in [4.69, 9.17) is 4.74 Å². The molecule has 2 aromatic rings. The summed E-state index contributed by atoms with van der Waals surface area (Å²) in [6.07, 6.45) is 2.10. The third kappa shape index (κ3) is 4.69. The Bertz CT molecular complexity index is 520. The highest BCUT2D eigenvalue weighted by molar-refractivity contribution is 9.10. The monoisotopic (exact) mass is 336 g/mol. The van der Waals surface area contributed by atoms with Gasteiger partial charge in [0.05, 0.1) is 6.54 Å². The molecule has 0 saturated heterocycles. The number of hydrogen-bond donors (Lipinski definition) is 1. The molecule has 108 valence electrons. The van der Waals surface area contributed by atoms with Crippen molar-refractivity contribution in [2.24, 2.45) is 0 Å². The van der Waals surface area contributed by atoms with Crippen LogP contribution in [0.1, 0.15) is 19.5 Å². The summed E-state index contributed by atoms with van der Waals surface area (Å²) in [5, 5.41) is 3.44. The standard InChI is InChI=1S/C16H21BrN2O/c1-13(2)18-12-15-4-3-9-19(15)10-11-20-16-7-5-14(17)6-8-16/h3-9,13,18H,10-12H2,1-2H3. The van der Waals surface area contributed by atoms with Gasteiger partial charge in [-0.2, -0.15) is 0 Å². The van der Waals surface area contributed by atoms with Gasteiger partial charge in [-0.15, -0.1) is 0 Å². The summed E-state index contributed by atoms with van der Waals surface area (Å²) in [6, 6.07) is 12.7. The normalized spacial score (nSPS) is 11.0. The van der Waals surface area contributed by atoms with Crippen LogP contribution in [0.3, 0.4) is 0 Å². The molecule has 3 nitrogen and oxygen atoms in total. The van der Waals surface area contributed by atoms with Gasteiger partial charge in [-0.3, -0.25) is 0 Å². The van der Waals surface area contributed by atoms with E-state index in [1.54, 1.807) is 0 Å². The minimum absolute atomic E-state index is 0.498. The van der Waals surface area contributed by atoms with Gasteiger partial charge < -0.3 is 14.6 Å². The highest BCUT2D eigenvalue weighted by atomic mass is 79.9. The van der Waals surface area contributed by atoms with Crippen LogP contribution in [0, 0.1) is 0 Å². The second-order valence-corrected chi connectivity index (χ2v) is 5.95. The molecule has 1 aromatic heterocycles. The first-order valence-corrected chi connectivity index (χ1v) is 7.70. The lowest BCUT2D eigenvalue weighted by molar-refractivity contribution is 0.296. The van der Waals surface area contributed by atoms with Crippen molar-refractivity contribution >= 4 is 15.9 Å². The van der Waals surface area contributed by atoms with E-state index in [0.717, 1.165) is 23.3 Å². The second-order valence-electron chi connectivity index (χ2n) is 5.03. The van der Waals surface area contributed by atoms with Gasteiger partial charge in [0.2, 0.25) is 0 Å². The number of halogens is 1.